The average molecular weight is 653 g/mol. The van der Waals surface area contributed by atoms with Gasteiger partial charge in [-0.1, -0.05) is 18.9 Å². The Morgan fingerprint density at radius 3 is 2.89 bits per heavy atom. The predicted molar refractivity (Wildman–Crippen MR) is 170 cm³/mol. The first kappa shape index (κ1) is 25.6. The number of rotatable bonds is 5. The molecule has 4 heterocycles. The fraction of sp³-hybridized carbons (Fsp3) is 0.400. The number of benzene rings is 2. The molecule has 3 fully saturated rings. The van der Waals surface area contributed by atoms with Gasteiger partial charge in [0.05, 0.1) is 44.2 Å². The number of halogens is 4. The van der Waals surface area contributed by atoms with Crippen LogP contribution in [0, 0.1) is 36.4 Å². The Morgan fingerprint density at radius 2 is 2.13 bits per heavy atom. The summed E-state index contributed by atoms with van der Waals surface area (Å²) in [4.78, 5) is 16.3. The van der Waals surface area contributed by atoms with Crippen LogP contribution in [-0.4, -0.2) is 83.6 Å². The zero-order valence-electron chi connectivity index (χ0n) is 30.5. The van der Waals surface area contributed by atoms with Gasteiger partial charge in [-0.3, -0.25) is 4.98 Å². The van der Waals surface area contributed by atoms with E-state index in [-0.39, 0.29) is 60.2 Å². The number of aromatic hydroxyl groups is 1. The molecule has 0 amide bonds. The number of piperidine rings is 1. The second-order valence-corrected chi connectivity index (χ2v) is 12.3. The normalized spacial score (nSPS) is 26.7. The third-order valence-corrected chi connectivity index (χ3v) is 9.24. The molecular weight excluding hydrogens is 614 g/mol. The highest BCUT2D eigenvalue weighted by atomic mass is 19.3. The molecule has 2 aromatic heterocycles. The number of aryl methyl sites for hydroxylation is 1. The molecular formula is C35H33F4N5O3. The lowest BCUT2D eigenvalue weighted by Crippen LogP contribution is -2.45. The third kappa shape index (κ3) is 5.31. The molecule has 4 aromatic rings. The maximum absolute atomic E-state index is 15.1. The highest BCUT2D eigenvalue weighted by Gasteiger charge is 2.56. The van der Waals surface area contributed by atoms with Crippen LogP contribution in [0.1, 0.15) is 31.3 Å². The lowest BCUT2D eigenvalue weighted by molar-refractivity contribution is 0.104. The first-order valence-electron chi connectivity index (χ1n) is 17.5. The number of likely N-dealkylation sites (tertiary alicyclic amines) is 1. The van der Waals surface area contributed by atoms with E-state index in [9.17, 15) is 18.3 Å². The van der Waals surface area contributed by atoms with Gasteiger partial charge in [-0.2, -0.15) is 18.7 Å². The molecule has 4 atom stereocenters. The van der Waals surface area contributed by atoms with Gasteiger partial charge in [0.15, 0.2) is 0 Å². The Labute approximate surface area is 276 Å². The van der Waals surface area contributed by atoms with Crippen LogP contribution in [0.25, 0.3) is 32.9 Å². The van der Waals surface area contributed by atoms with E-state index in [1.54, 1.807) is 11.8 Å². The zero-order chi connectivity index (χ0) is 37.5. The van der Waals surface area contributed by atoms with E-state index >= 15 is 4.39 Å². The fourth-order valence-electron chi connectivity index (χ4n) is 6.79. The standard InChI is InChI=1S/C35H33F4N5O3/c1-5-21-26(36)7-6-19-12-20(45)13-22(27(19)21)29-18(2)30-23(14-40-29)33(44-10-11-46-15-24-28(37)31(24)44)42-34(41-30)47-17-35(3)16-43(4)9-8-25(35)32(38)39/h1,6-7,12-14,24,28,31,45H,8-11,15-17H2,2-4H3/t24-,28-,31-,35-/m0/s1/i4D3,17D2. The quantitative estimate of drug-likeness (QED) is 0.207. The van der Waals surface area contributed by atoms with E-state index in [1.165, 1.54) is 37.4 Å². The molecule has 1 aliphatic carbocycles. The Bertz CT molecular complexity index is 2190. The van der Waals surface area contributed by atoms with Gasteiger partial charge in [0, 0.05) is 63.4 Å². The predicted octanol–water partition coefficient (Wildman–Crippen LogP) is 6.02. The molecule has 0 bridgehead atoms. The minimum absolute atomic E-state index is 0.0662. The van der Waals surface area contributed by atoms with Gasteiger partial charge < -0.3 is 24.4 Å². The number of phenols is 1. The van der Waals surface area contributed by atoms with Crippen LogP contribution >= 0.6 is 0 Å². The highest BCUT2D eigenvalue weighted by Crippen LogP contribution is 2.46. The number of fused-ring (bicyclic) bond motifs is 3. The van der Waals surface area contributed by atoms with Crippen molar-refractivity contribution in [1.82, 2.24) is 19.9 Å². The van der Waals surface area contributed by atoms with Crippen LogP contribution in [0.15, 0.2) is 42.1 Å². The van der Waals surface area contributed by atoms with Crippen LogP contribution in [0.4, 0.5) is 23.4 Å². The van der Waals surface area contributed by atoms with Crippen molar-refractivity contribution >= 4 is 27.5 Å². The van der Waals surface area contributed by atoms with Gasteiger partial charge in [0.1, 0.15) is 30.1 Å². The molecule has 0 spiro atoms. The van der Waals surface area contributed by atoms with Crippen molar-refractivity contribution in [3.63, 3.8) is 0 Å². The van der Waals surface area contributed by atoms with Gasteiger partial charge in [0.25, 0.3) is 6.08 Å². The first-order chi connectivity index (χ1) is 24.5. The molecule has 2 saturated heterocycles. The van der Waals surface area contributed by atoms with Crippen LogP contribution in [0.5, 0.6) is 11.8 Å². The van der Waals surface area contributed by atoms with Crippen molar-refractivity contribution in [2.24, 2.45) is 11.3 Å². The van der Waals surface area contributed by atoms with Crippen molar-refractivity contribution in [3.8, 4) is 35.4 Å². The number of ether oxygens (including phenoxy) is 2. The van der Waals surface area contributed by atoms with E-state index in [2.05, 4.69) is 20.9 Å². The Morgan fingerprint density at radius 1 is 1.30 bits per heavy atom. The summed E-state index contributed by atoms with van der Waals surface area (Å²) >= 11 is 0. The summed E-state index contributed by atoms with van der Waals surface area (Å²) in [5, 5.41) is 11.7. The van der Waals surface area contributed by atoms with E-state index < -0.39 is 73.5 Å². The summed E-state index contributed by atoms with van der Waals surface area (Å²) in [6.07, 6.45) is 3.30. The molecule has 1 saturated carbocycles. The molecule has 47 heavy (non-hydrogen) atoms. The Balaban J connectivity index is 1.43. The SMILES string of the molecule is [2H]C([2H])([2H])N1CCC(=C(F)F)[C@](C)(C([2H])([2H])Oc2nc(N3CCOC[C@H]4[C@H](F)[C@H]43)c3cnc(-c4cc(O)cc5ccc(F)c(C#C)c45)c(C)c3n2)C1. The molecule has 0 radical (unpaired) electrons. The number of aromatic nitrogens is 3. The topological polar surface area (TPSA) is 83.8 Å². The lowest BCUT2D eigenvalue weighted by Gasteiger charge is -2.39. The number of alkyl halides is 1. The van der Waals surface area contributed by atoms with Gasteiger partial charge >= 0.3 is 6.01 Å². The number of terminal acetylenes is 1. The molecule has 8 nitrogen and oxygen atoms in total. The number of pyridine rings is 1. The summed E-state index contributed by atoms with van der Waals surface area (Å²) in [7, 11) is 0. The zero-order valence-corrected chi connectivity index (χ0v) is 25.5. The van der Waals surface area contributed by atoms with E-state index in [0.29, 0.717) is 21.7 Å². The number of hydrogen-bond donors (Lipinski definition) is 1. The van der Waals surface area contributed by atoms with E-state index in [1.807, 2.05) is 0 Å². The Hall–Kier alpha value is -4.47. The number of phenolic OH excluding ortho intramolecular Hbond substituents is 1. The van der Waals surface area contributed by atoms with Crippen LogP contribution in [0.3, 0.4) is 0 Å². The van der Waals surface area contributed by atoms with Crippen LogP contribution in [0.2, 0.25) is 0 Å². The molecule has 0 unspecified atom stereocenters. The summed E-state index contributed by atoms with van der Waals surface area (Å²) < 4.78 is 112. The van der Waals surface area contributed by atoms with Crippen LogP contribution in [-0.2, 0) is 4.74 Å². The van der Waals surface area contributed by atoms with Gasteiger partial charge in [0.2, 0.25) is 0 Å². The first-order valence-corrected chi connectivity index (χ1v) is 15.0. The van der Waals surface area contributed by atoms with E-state index in [4.69, 9.17) is 22.8 Å². The number of nitrogens with zero attached hydrogens (tertiary/aromatic N) is 5. The Kier molecular flexibility index (Phi) is 6.34. The summed E-state index contributed by atoms with van der Waals surface area (Å²) in [6, 6.07) is 4.21. The maximum atomic E-state index is 15.1. The third-order valence-electron chi connectivity index (χ3n) is 9.24. The molecule has 7 rings (SSSR count). The fourth-order valence-corrected chi connectivity index (χ4v) is 6.79. The summed E-state index contributed by atoms with van der Waals surface area (Å²) in [5.74, 6) is 1.21. The minimum atomic E-state index is -3.00. The average Bonchev–Trinajstić information content (AvgIpc) is 3.77. The highest BCUT2D eigenvalue weighted by molar-refractivity contribution is 6.04. The van der Waals surface area contributed by atoms with Crippen molar-refractivity contribution in [3.05, 3.63) is 59.1 Å². The van der Waals surface area contributed by atoms with Crippen molar-refractivity contribution < 1.29 is 39.0 Å². The number of anilines is 1. The molecule has 2 aliphatic heterocycles. The second-order valence-electron chi connectivity index (χ2n) is 12.3. The number of hydrogen-bond acceptors (Lipinski definition) is 8. The molecule has 3 aliphatic rings. The summed E-state index contributed by atoms with van der Waals surface area (Å²) in [5.41, 5.74) is -1.86. The monoisotopic (exact) mass is 652 g/mol. The molecule has 1 N–H and O–H groups in total. The minimum Gasteiger partial charge on any atom is -0.508 e. The van der Waals surface area contributed by atoms with Crippen molar-refractivity contribution in [2.45, 2.75) is 32.5 Å². The van der Waals surface area contributed by atoms with Crippen molar-refractivity contribution in [1.29, 1.82) is 0 Å². The van der Waals surface area contributed by atoms with Gasteiger partial charge in [-0.05, 0) is 43.9 Å². The molecule has 244 valence electrons. The molecule has 2 aromatic carbocycles. The molecule has 12 heteroatoms. The smallest absolute Gasteiger partial charge is 0.318 e. The maximum Gasteiger partial charge on any atom is 0.318 e. The summed E-state index contributed by atoms with van der Waals surface area (Å²) in [6.45, 7) is -3.20. The largest absolute Gasteiger partial charge is 0.508 e. The van der Waals surface area contributed by atoms with E-state index in [0.717, 1.165) is 4.90 Å². The van der Waals surface area contributed by atoms with Crippen LogP contribution < -0.4 is 9.64 Å². The second kappa shape index (κ2) is 11.6. The lowest BCUT2D eigenvalue weighted by atomic mass is 9.78. The van der Waals surface area contributed by atoms with Gasteiger partial charge in [-0.15, -0.1) is 6.42 Å². The van der Waals surface area contributed by atoms with Gasteiger partial charge in [-0.25, -0.2) is 8.78 Å². The van der Waals surface area contributed by atoms with Crippen molar-refractivity contribution in [2.75, 3.05) is 51.3 Å².